The van der Waals surface area contributed by atoms with Crippen LogP contribution in [0.1, 0.15) is 23.3 Å². The number of fused-ring (bicyclic) bond motifs is 5. The molecule has 182 valence electrons. The number of rotatable bonds is 3. The van der Waals surface area contributed by atoms with Crippen LogP contribution in [-0.2, 0) is 0 Å². The van der Waals surface area contributed by atoms with Gasteiger partial charge in [0.1, 0.15) is 11.2 Å². The summed E-state index contributed by atoms with van der Waals surface area (Å²) in [6, 6.07) is 1.36. The normalized spacial score (nSPS) is 17.7. The van der Waals surface area contributed by atoms with Gasteiger partial charge < -0.3 is 4.42 Å². The Morgan fingerprint density at radius 3 is 1.87 bits per heavy atom. The maximum absolute atomic E-state index is 9.37. The smallest absolute Gasteiger partial charge is 0.136 e. The molecule has 0 saturated carbocycles. The highest BCUT2D eigenvalue weighted by Gasteiger charge is 2.20. The van der Waals surface area contributed by atoms with Gasteiger partial charge in [-0.3, -0.25) is 0 Å². The number of hydrogen-bond donors (Lipinski definition) is 0. The van der Waals surface area contributed by atoms with Crippen molar-refractivity contribution in [1.29, 1.82) is 0 Å². The number of benzene rings is 7. The molecule has 39 heavy (non-hydrogen) atoms. The first-order valence-corrected chi connectivity index (χ1v) is 12.0. The molecule has 1 aromatic heterocycles. The summed E-state index contributed by atoms with van der Waals surface area (Å²) in [6.45, 7) is 0. The van der Waals surface area contributed by atoms with E-state index in [-0.39, 0.29) is 66.1 Å². The maximum atomic E-state index is 9.37. The Labute approximate surface area is 250 Å². The highest BCUT2D eigenvalue weighted by Crippen LogP contribution is 2.47. The van der Waals surface area contributed by atoms with Crippen molar-refractivity contribution in [2.45, 2.75) is 0 Å². The highest BCUT2D eigenvalue weighted by molar-refractivity contribution is 6.26. The fourth-order valence-electron chi connectivity index (χ4n) is 5.19. The summed E-state index contributed by atoms with van der Waals surface area (Å²) in [6.07, 6.45) is 0. The van der Waals surface area contributed by atoms with Crippen LogP contribution < -0.4 is 0 Å². The van der Waals surface area contributed by atoms with Crippen LogP contribution in [0.5, 0.6) is 0 Å². The Morgan fingerprint density at radius 2 is 1.08 bits per heavy atom. The van der Waals surface area contributed by atoms with Gasteiger partial charge in [-0.15, -0.1) is 0 Å². The van der Waals surface area contributed by atoms with E-state index >= 15 is 0 Å². The second-order valence-corrected chi connectivity index (χ2v) is 8.82. The summed E-state index contributed by atoms with van der Waals surface area (Å²) in [5.74, 6) is 0. The number of hydrogen-bond acceptors (Lipinski definition) is 1. The third-order valence-corrected chi connectivity index (χ3v) is 6.76. The molecule has 0 aliphatic rings. The molecule has 0 saturated heterocycles. The molecule has 0 bridgehead atoms. The second kappa shape index (κ2) is 8.72. The lowest BCUT2D eigenvalue weighted by molar-refractivity contribution is 0.669. The summed E-state index contributed by atoms with van der Waals surface area (Å²) >= 11 is 0. The van der Waals surface area contributed by atoms with E-state index < -0.39 is 103 Å². The Balaban J connectivity index is 1.69. The van der Waals surface area contributed by atoms with Crippen molar-refractivity contribution in [2.75, 3.05) is 0 Å². The summed E-state index contributed by atoms with van der Waals surface area (Å²) in [7, 11) is 0. The average molecular weight is 514 g/mol. The lowest BCUT2D eigenvalue weighted by Crippen LogP contribution is -1.92. The van der Waals surface area contributed by atoms with Crippen LogP contribution in [0, 0.1) is 0 Å². The molecule has 0 spiro atoms. The summed E-state index contributed by atoms with van der Waals surface area (Å²) in [5.41, 5.74) is -0.593. The van der Waals surface area contributed by atoms with Crippen LogP contribution in [0.25, 0.3) is 76.9 Å². The first-order valence-electron chi connectivity index (χ1n) is 20.5. The minimum atomic E-state index is -0.617. The first kappa shape index (κ1) is 10.9. The third-order valence-electron chi connectivity index (χ3n) is 6.76. The van der Waals surface area contributed by atoms with E-state index in [1.54, 1.807) is 24.3 Å². The predicted molar refractivity (Wildman–Crippen MR) is 165 cm³/mol. The van der Waals surface area contributed by atoms with Gasteiger partial charge in [-0.1, -0.05) is 127 Å². The lowest BCUT2D eigenvalue weighted by Gasteiger charge is -2.19. The summed E-state index contributed by atoms with van der Waals surface area (Å²) < 4.78 is 153. The molecule has 1 heteroatoms. The quantitative estimate of drug-likeness (QED) is 0.214. The molecule has 8 aromatic rings. The highest BCUT2D eigenvalue weighted by atomic mass is 16.3. The molecule has 0 N–H and O–H groups in total. The zero-order valence-electron chi connectivity index (χ0n) is 36.9. The number of furan rings is 1. The fourth-order valence-corrected chi connectivity index (χ4v) is 5.19. The van der Waals surface area contributed by atoms with E-state index in [0.29, 0.717) is 10.8 Å². The minimum Gasteiger partial charge on any atom is -0.456 e. The zero-order valence-corrected chi connectivity index (χ0v) is 19.9. The van der Waals surface area contributed by atoms with Gasteiger partial charge in [0.25, 0.3) is 0 Å². The maximum Gasteiger partial charge on any atom is 0.136 e. The van der Waals surface area contributed by atoms with Gasteiger partial charge in [-0.2, -0.15) is 0 Å². The number of para-hydroxylation sites is 1. The topological polar surface area (TPSA) is 13.1 Å². The molecule has 0 atom stereocenters. The Kier molecular flexibility index (Phi) is 2.44. The van der Waals surface area contributed by atoms with E-state index in [9.17, 15) is 1.37 Å². The molecule has 8 rings (SSSR count). The predicted octanol–water partition coefficient (Wildman–Crippen LogP) is 10.9. The average Bonchev–Trinajstić information content (AvgIpc) is 3.59. The van der Waals surface area contributed by atoms with Crippen LogP contribution in [0.4, 0.5) is 0 Å². The van der Waals surface area contributed by atoms with E-state index in [0.717, 1.165) is 0 Å². The Bertz CT molecular complexity index is 3050. The van der Waals surface area contributed by atoms with Crippen LogP contribution in [0.15, 0.2) is 150 Å². The molecule has 0 radical (unpaired) electrons. The molecule has 1 heterocycles. The van der Waals surface area contributed by atoms with E-state index in [1.807, 2.05) is 0 Å². The molecule has 0 unspecified atom stereocenters. The van der Waals surface area contributed by atoms with Gasteiger partial charge in [-0.25, -0.2) is 0 Å². The SMILES string of the molecule is [2H]c1c([2H])c([2H])c(-c2ccc3c(-c4c([2H])c([2H])c([2H])c([2H])c4[2H])c4ccccc4c(-c4c([2H])c([2H])c([2H])c5oc6c([2H])c([2H])c([2H])c([2H])c6c45)c3c2)c([2H])c1[2H]. The Hall–Kier alpha value is -5.14. The zero-order chi connectivity index (χ0) is 40.6. The first-order chi connectivity index (χ1) is 26.4. The molecule has 1 nitrogen and oxygen atoms in total. The van der Waals surface area contributed by atoms with Gasteiger partial charge in [0.05, 0.1) is 23.3 Å². The third kappa shape index (κ3) is 3.41. The van der Waals surface area contributed by atoms with Gasteiger partial charge >= 0.3 is 0 Å². The minimum absolute atomic E-state index is 0.0757. The van der Waals surface area contributed by atoms with Gasteiger partial charge in [0, 0.05) is 10.8 Å². The van der Waals surface area contributed by atoms with Crippen LogP contribution >= 0.6 is 0 Å². The van der Waals surface area contributed by atoms with Crippen LogP contribution in [0.3, 0.4) is 0 Å². The second-order valence-electron chi connectivity index (χ2n) is 8.82. The van der Waals surface area contributed by atoms with Crippen molar-refractivity contribution in [3.05, 3.63) is 145 Å². The molecule has 0 amide bonds. The molecule has 0 aliphatic heterocycles. The summed E-state index contributed by atoms with van der Waals surface area (Å²) in [4.78, 5) is 0. The van der Waals surface area contributed by atoms with Crippen molar-refractivity contribution < 1.29 is 27.7 Å². The molecule has 0 aliphatic carbocycles. The standard InChI is InChI=1S/C38H24O/c1-3-12-25(13-4-1)27-22-23-30-33(24-27)37(29-17-8-7-16-28(29)36(30)26-14-5-2-6-15-26)32-19-11-21-35-38(32)31-18-9-10-20-34(31)39-35/h1-24H/i1D,2D,3D,4D,5D,6D,9D,10D,11D,12D,13D,14D,15D,18D,19D,20D,21D. The summed E-state index contributed by atoms with van der Waals surface area (Å²) in [5, 5.41) is 0.786. The van der Waals surface area contributed by atoms with Crippen molar-refractivity contribution in [1.82, 2.24) is 0 Å². The molecule has 7 aromatic carbocycles. The molecular weight excluding hydrogens is 472 g/mol. The van der Waals surface area contributed by atoms with Gasteiger partial charge in [-0.05, 0) is 73.1 Å². The fraction of sp³-hybridized carbons (Fsp3) is 0. The van der Waals surface area contributed by atoms with Gasteiger partial charge in [0.2, 0.25) is 0 Å². The van der Waals surface area contributed by atoms with Crippen LogP contribution in [-0.4, -0.2) is 0 Å². The van der Waals surface area contributed by atoms with Crippen molar-refractivity contribution in [3.8, 4) is 33.4 Å². The lowest BCUT2D eigenvalue weighted by atomic mass is 9.84. The van der Waals surface area contributed by atoms with E-state index in [1.165, 1.54) is 18.2 Å². The van der Waals surface area contributed by atoms with Crippen molar-refractivity contribution in [3.63, 3.8) is 0 Å². The largest absolute Gasteiger partial charge is 0.456 e. The molecule has 0 fully saturated rings. The van der Waals surface area contributed by atoms with Crippen molar-refractivity contribution >= 4 is 43.5 Å². The van der Waals surface area contributed by atoms with Gasteiger partial charge in [0.15, 0.2) is 0 Å². The van der Waals surface area contributed by atoms with E-state index in [2.05, 4.69) is 0 Å². The monoisotopic (exact) mass is 513 g/mol. The van der Waals surface area contributed by atoms with Crippen molar-refractivity contribution in [2.24, 2.45) is 0 Å². The van der Waals surface area contributed by atoms with E-state index in [4.69, 9.17) is 26.3 Å². The Morgan fingerprint density at radius 1 is 0.436 bits per heavy atom. The van der Waals surface area contributed by atoms with Crippen LogP contribution in [0.2, 0.25) is 0 Å². The molecular formula is C38H24O.